The van der Waals surface area contributed by atoms with Crippen molar-refractivity contribution in [2.24, 2.45) is 0 Å². The van der Waals surface area contributed by atoms with E-state index in [0.29, 0.717) is 12.2 Å². The number of rotatable bonds is 5. The molecule has 15 heavy (non-hydrogen) atoms. The topological polar surface area (TPSA) is 92.2 Å². The number of nitrogens with zero attached hydrogens (tertiary/aromatic N) is 2. The molecule has 80 valence electrons. The minimum Gasteiger partial charge on any atom is -0.481 e. The molecule has 0 aliphatic rings. The molecule has 0 atom stereocenters. The van der Waals surface area contributed by atoms with Crippen LogP contribution in [0.2, 0.25) is 0 Å². The third-order valence-corrected chi connectivity index (χ3v) is 1.63. The van der Waals surface area contributed by atoms with Crippen molar-refractivity contribution in [1.29, 1.82) is 0 Å². The van der Waals surface area contributed by atoms with Crippen LogP contribution in [-0.2, 0) is 9.59 Å². The average Bonchev–Trinajstić information content (AvgIpc) is 2.18. The number of aliphatic carboxylic acids is 1. The summed E-state index contributed by atoms with van der Waals surface area (Å²) in [6.07, 6.45) is 4.88. The first-order valence-electron chi connectivity index (χ1n) is 4.46. The highest BCUT2D eigenvalue weighted by atomic mass is 16.4. The van der Waals surface area contributed by atoms with Crippen LogP contribution in [0.5, 0.6) is 0 Å². The lowest BCUT2D eigenvalue weighted by atomic mass is 10.2. The van der Waals surface area contributed by atoms with E-state index in [2.05, 4.69) is 15.3 Å². The van der Waals surface area contributed by atoms with Gasteiger partial charge in [-0.3, -0.25) is 14.6 Å². The summed E-state index contributed by atoms with van der Waals surface area (Å²) in [4.78, 5) is 29.0. The molecule has 0 saturated heterocycles. The number of amides is 1. The maximum absolute atomic E-state index is 11.2. The second-order valence-corrected chi connectivity index (χ2v) is 2.89. The third-order valence-electron chi connectivity index (χ3n) is 1.63. The monoisotopic (exact) mass is 209 g/mol. The maximum Gasteiger partial charge on any atom is 0.303 e. The quantitative estimate of drug-likeness (QED) is 0.743. The van der Waals surface area contributed by atoms with Gasteiger partial charge in [-0.25, -0.2) is 4.98 Å². The van der Waals surface area contributed by atoms with E-state index in [4.69, 9.17) is 5.11 Å². The number of carboxylic acid groups (broad SMARTS) is 1. The van der Waals surface area contributed by atoms with Crippen LogP contribution in [0.4, 0.5) is 5.82 Å². The van der Waals surface area contributed by atoms with Gasteiger partial charge in [0.15, 0.2) is 5.82 Å². The lowest BCUT2D eigenvalue weighted by molar-refractivity contribution is -0.137. The Labute approximate surface area is 86.4 Å². The van der Waals surface area contributed by atoms with Crippen LogP contribution < -0.4 is 5.32 Å². The van der Waals surface area contributed by atoms with Gasteiger partial charge in [-0.05, 0) is 6.42 Å². The smallest absolute Gasteiger partial charge is 0.303 e. The van der Waals surface area contributed by atoms with Crippen LogP contribution in [0, 0.1) is 0 Å². The molecule has 0 aromatic carbocycles. The van der Waals surface area contributed by atoms with Crippen molar-refractivity contribution in [3.8, 4) is 0 Å². The predicted octanol–water partition coefficient (Wildman–Crippen LogP) is 0.670. The largest absolute Gasteiger partial charge is 0.481 e. The van der Waals surface area contributed by atoms with Crippen molar-refractivity contribution in [2.45, 2.75) is 19.3 Å². The molecule has 0 unspecified atom stereocenters. The van der Waals surface area contributed by atoms with E-state index in [1.807, 2.05) is 0 Å². The minimum absolute atomic E-state index is 0.00606. The molecule has 1 aromatic heterocycles. The Balaban J connectivity index is 2.28. The number of carbonyl (C=O) groups excluding carboxylic acids is 1. The van der Waals surface area contributed by atoms with Crippen molar-refractivity contribution in [1.82, 2.24) is 9.97 Å². The normalized spacial score (nSPS) is 9.60. The summed E-state index contributed by atoms with van der Waals surface area (Å²) in [7, 11) is 0. The first-order chi connectivity index (χ1) is 7.18. The molecule has 1 heterocycles. The van der Waals surface area contributed by atoms with E-state index in [1.165, 1.54) is 18.6 Å². The first-order valence-corrected chi connectivity index (χ1v) is 4.46. The third kappa shape index (κ3) is 4.70. The molecule has 1 aromatic rings. The fraction of sp³-hybridized carbons (Fsp3) is 0.333. The second kappa shape index (κ2) is 5.69. The zero-order valence-corrected chi connectivity index (χ0v) is 8.01. The number of anilines is 1. The second-order valence-electron chi connectivity index (χ2n) is 2.89. The molecule has 2 N–H and O–H groups in total. The summed E-state index contributed by atoms with van der Waals surface area (Å²) in [6.45, 7) is 0. The number of nitrogens with one attached hydrogen (secondary N) is 1. The Bertz CT molecular complexity index is 340. The van der Waals surface area contributed by atoms with Gasteiger partial charge in [0.05, 0.1) is 6.20 Å². The fourth-order valence-electron chi connectivity index (χ4n) is 0.969. The van der Waals surface area contributed by atoms with Gasteiger partial charge in [-0.15, -0.1) is 0 Å². The molecule has 6 nitrogen and oxygen atoms in total. The van der Waals surface area contributed by atoms with Crippen LogP contribution in [-0.4, -0.2) is 27.0 Å². The molecule has 6 heteroatoms. The van der Waals surface area contributed by atoms with E-state index in [9.17, 15) is 9.59 Å². The summed E-state index contributed by atoms with van der Waals surface area (Å²) in [6, 6.07) is 0. The standard InChI is InChI=1S/C9H11N3O3/c13-8(2-1-3-9(14)15)12-7-6-10-4-5-11-7/h4-6H,1-3H2,(H,14,15)(H,11,12,13). The van der Waals surface area contributed by atoms with Crippen LogP contribution in [0.3, 0.4) is 0 Å². The van der Waals surface area contributed by atoms with Crippen LogP contribution in [0.1, 0.15) is 19.3 Å². The lowest BCUT2D eigenvalue weighted by Gasteiger charge is -2.01. The van der Waals surface area contributed by atoms with Gasteiger partial charge in [0.2, 0.25) is 5.91 Å². The van der Waals surface area contributed by atoms with Gasteiger partial charge < -0.3 is 10.4 Å². The number of carboxylic acids is 1. The Morgan fingerprint density at radius 1 is 1.33 bits per heavy atom. The van der Waals surface area contributed by atoms with Gasteiger partial charge in [-0.1, -0.05) is 0 Å². The summed E-state index contributed by atoms with van der Waals surface area (Å²) >= 11 is 0. The zero-order valence-electron chi connectivity index (χ0n) is 8.01. The Hall–Kier alpha value is -1.98. The summed E-state index contributed by atoms with van der Waals surface area (Å²) in [5, 5.41) is 10.9. The van der Waals surface area contributed by atoms with Crippen LogP contribution >= 0.6 is 0 Å². The van der Waals surface area contributed by atoms with Crippen molar-refractivity contribution in [2.75, 3.05) is 5.32 Å². The van der Waals surface area contributed by atoms with Crippen molar-refractivity contribution < 1.29 is 14.7 Å². The van der Waals surface area contributed by atoms with Gasteiger partial charge in [0.1, 0.15) is 0 Å². The van der Waals surface area contributed by atoms with E-state index in [-0.39, 0.29) is 18.7 Å². The lowest BCUT2D eigenvalue weighted by Crippen LogP contribution is -2.12. The molecule has 0 spiro atoms. The number of hydrogen-bond donors (Lipinski definition) is 2. The van der Waals surface area contributed by atoms with Gasteiger partial charge >= 0.3 is 5.97 Å². The zero-order chi connectivity index (χ0) is 11.1. The highest BCUT2D eigenvalue weighted by molar-refractivity contribution is 5.89. The van der Waals surface area contributed by atoms with Crippen molar-refractivity contribution in [3.05, 3.63) is 18.6 Å². The van der Waals surface area contributed by atoms with E-state index in [1.54, 1.807) is 0 Å². The minimum atomic E-state index is -0.901. The van der Waals surface area contributed by atoms with E-state index in [0.717, 1.165) is 0 Å². The molecule has 1 amide bonds. The maximum atomic E-state index is 11.2. The number of carbonyl (C=O) groups is 2. The summed E-state index contributed by atoms with van der Waals surface area (Å²) in [5.74, 6) is -0.781. The molecular weight excluding hydrogens is 198 g/mol. The Morgan fingerprint density at radius 2 is 2.13 bits per heavy atom. The molecule has 0 aliphatic carbocycles. The number of hydrogen-bond acceptors (Lipinski definition) is 4. The molecule has 0 fully saturated rings. The molecular formula is C9H11N3O3. The predicted molar refractivity (Wildman–Crippen MR) is 52.1 cm³/mol. The van der Waals surface area contributed by atoms with Crippen molar-refractivity contribution in [3.63, 3.8) is 0 Å². The Morgan fingerprint density at radius 3 is 2.73 bits per heavy atom. The van der Waals surface area contributed by atoms with Gasteiger partial charge in [0, 0.05) is 25.2 Å². The highest BCUT2D eigenvalue weighted by Crippen LogP contribution is 2.01. The van der Waals surface area contributed by atoms with Crippen LogP contribution in [0.15, 0.2) is 18.6 Å². The van der Waals surface area contributed by atoms with E-state index < -0.39 is 5.97 Å². The van der Waals surface area contributed by atoms with Gasteiger partial charge in [0.25, 0.3) is 0 Å². The summed E-state index contributed by atoms with van der Waals surface area (Å²) in [5.41, 5.74) is 0. The first kappa shape index (κ1) is 11.1. The SMILES string of the molecule is O=C(O)CCCC(=O)Nc1cnccn1. The fourth-order valence-corrected chi connectivity index (χ4v) is 0.969. The Kier molecular flexibility index (Phi) is 4.21. The molecule has 0 saturated carbocycles. The number of aromatic nitrogens is 2. The average molecular weight is 209 g/mol. The molecule has 1 rings (SSSR count). The molecule has 0 aliphatic heterocycles. The van der Waals surface area contributed by atoms with E-state index >= 15 is 0 Å². The highest BCUT2D eigenvalue weighted by Gasteiger charge is 2.04. The van der Waals surface area contributed by atoms with Crippen LogP contribution in [0.25, 0.3) is 0 Å². The van der Waals surface area contributed by atoms with Crippen molar-refractivity contribution >= 4 is 17.7 Å². The molecule has 0 bridgehead atoms. The molecule has 0 radical (unpaired) electrons. The summed E-state index contributed by atoms with van der Waals surface area (Å²) < 4.78 is 0. The van der Waals surface area contributed by atoms with Gasteiger partial charge in [-0.2, -0.15) is 0 Å².